The van der Waals surface area contributed by atoms with E-state index in [4.69, 9.17) is 22.7 Å². The number of fused-ring (bicyclic) bond motifs is 1. The van der Waals surface area contributed by atoms with Crippen LogP contribution in [-0.4, -0.2) is 45.9 Å². The standard InChI is InChI=1S/C30H35ClF3N7O/c1-17(35)5-3-6-19-13-23(26(32)24(31)14-19)25-15-21-16-41(30(42)40-29(21)39-25)22-9-7-20(8-10-22)27(28(33)34)38-12-4-11-37-18(2)36/h7-10,13-17,27-28,38H,3-6,11-12,35H2,1-2H3,(H2,36,37)(H,39,40,42)/t17-,27+/m0/s1. The Labute approximate surface area is 247 Å². The molecule has 4 rings (SSSR count). The second-order valence-electron chi connectivity index (χ2n) is 10.5. The highest BCUT2D eigenvalue weighted by Crippen LogP contribution is 2.31. The minimum absolute atomic E-state index is 0.00398. The average Bonchev–Trinajstić information content (AvgIpc) is 3.34. The van der Waals surface area contributed by atoms with Gasteiger partial charge in [-0.05, 0) is 87.5 Å². The predicted octanol–water partition coefficient (Wildman–Crippen LogP) is 5.72. The summed E-state index contributed by atoms with van der Waals surface area (Å²) < 4.78 is 43.9. The fourth-order valence-corrected chi connectivity index (χ4v) is 5.00. The summed E-state index contributed by atoms with van der Waals surface area (Å²) in [7, 11) is 0. The molecule has 224 valence electrons. The average molecular weight is 602 g/mol. The summed E-state index contributed by atoms with van der Waals surface area (Å²) in [6, 6.07) is 10.2. The Kier molecular flexibility index (Phi) is 10.4. The molecule has 2 heterocycles. The van der Waals surface area contributed by atoms with Crippen LogP contribution in [-0.2, 0) is 6.42 Å². The maximum absolute atomic E-state index is 15.0. The molecule has 42 heavy (non-hydrogen) atoms. The van der Waals surface area contributed by atoms with Crippen LogP contribution in [0.3, 0.4) is 0 Å². The van der Waals surface area contributed by atoms with Crippen LogP contribution in [0.1, 0.15) is 50.3 Å². The van der Waals surface area contributed by atoms with Gasteiger partial charge in [0.15, 0.2) is 5.82 Å². The highest BCUT2D eigenvalue weighted by Gasteiger charge is 2.22. The van der Waals surface area contributed by atoms with Crippen LogP contribution in [0.4, 0.5) is 13.2 Å². The molecular formula is C30H35ClF3N7O. The van der Waals surface area contributed by atoms with E-state index in [2.05, 4.69) is 20.6 Å². The molecule has 6 N–H and O–H groups in total. The molecular weight excluding hydrogens is 567 g/mol. The van der Waals surface area contributed by atoms with Crippen molar-refractivity contribution in [2.24, 2.45) is 5.73 Å². The molecule has 0 aliphatic carbocycles. The molecule has 0 saturated carbocycles. The first kappa shape index (κ1) is 31.3. The first-order chi connectivity index (χ1) is 20.0. The maximum atomic E-state index is 15.0. The van der Waals surface area contributed by atoms with Gasteiger partial charge in [0.1, 0.15) is 5.65 Å². The van der Waals surface area contributed by atoms with E-state index in [0.29, 0.717) is 54.1 Å². The fraction of sp³-hybridized carbons (Fsp3) is 0.367. The molecule has 0 amide bonds. The number of hydrogen-bond donors (Lipinski definition) is 5. The van der Waals surface area contributed by atoms with E-state index in [1.54, 1.807) is 55.6 Å². The van der Waals surface area contributed by atoms with Crippen molar-refractivity contribution in [3.8, 4) is 16.9 Å². The molecule has 0 fully saturated rings. The number of alkyl halides is 2. The van der Waals surface area contributed by atoms with Gasteiger partial charge >= 0.3 is 5.69 Å². The lowest BCUT2D eigenvalue weighted by molar-refractivity contribution is 0.0983. The van der Waals surface area contributed by atoms with Crippen molar-refractivity contribution in [1.29, 1.82) is 5.41 Å². The number of nitrogens with two attached hydrogens (primary N) is 1. The molecule has 4 aromatic rings. The third-order valence-electron chi connectivity index (χ3n) is 6.90. The van der Waals surface area contributed by atoms with Gasteiger partial charge in [0.25, 0.3) is 6.43 Å². The number of benzene rings is 2. The molecule has 0 bridgehead atoms. The second kappa shape index (κ2) is 14.0. The molecule has 8 nitrogen and oxygen atoms in total. The van der Waals surface area contributed by atoms with E-state index < -0.39 is 24.0 Å². The molecule has 2 aromatic heterocycles. The summed E-state index contributed by atoms with van der Waals surface area (Å²) in [6.07, 6.45) is 1.87. The van der Waals surface area contributed by atoms with Gasteiger partial charge in [0.2, 0.25) is 0 Å². The highest BCUT2D eigenvalue weighted by atomic mass is 35.5. The zero-order valence-corrected chi connectivity index (χ0v) is 24.2. The molecule has 12 heteroatoms. The number of nitrogens with one attached hydrogen (secondary N) is 4. The van der Waals surface area contributed by atoms with Crippen LogP contribution < -0.4 is 22.1 Å². The molecule has 2 aromatic carbocycles. The first-order valence-corrected chi connectivity index (χ1v) is 14.2. The molecule has 2 atom stereocenters. The van der Waals surface area contributed by atoms with Crippen molar-refractivity contribution in [3.05, 3.63) is 81.1 Å². The van der Waals surface area contributed by atoms with Gasteiger partial charge in [-0.3, -0.25) is 9.98 Å². The number of aromatic amines is 1. The van der Waals surface area contributed by atoms with E-state index in [1.807, 2.05) is 6.92 Å². The zero-order valence-electron chi connectivity index (χ0n) is 23.5. The Morgan fingerprint density at radius 1 is 1.17 bits per heavy atom. The van der Waals surface area contributed by atoms with Crippen LogP contribution in [0.15, 0.2) is 53.5 Å². The smallest absolute Gasteiger partial charge is 0.354 e. The SMILES string of the molecule is CC(=N)NCCCN[C@H](c1ccc(-n2cc3cc(-c4cc(CCC[C@H](C)N)cc(Cl)c4F)[nH]c3nc2=O)cc1)C(F)F. The monoisotopic (exact) mass is 601 g/mol. The Hall–Kier alpha value is -3.67. The van der Waals surface area contributed by atoms with Crippen LogP contribution in [0, 0.1) is 11.2 Å². The first-order valence-electron chi connectivity index (χ1n) is 13.8. The minimum Gasteiger partial charge on any atom is -0.374 e. The molecule has 0 spiro atoms. The quantitative estimate of drug-likeness (QED) is 0.0762. The van der Waals surface area contributed by atoms with Crippen molar-refractivity contribution in [2.75, 3.05) is 13.1 Å². The Morgan fingerprint density at radius 2 is 1.90 bits per heavy atom. The number of halogens is 4. The largest absolute Gasteiger partial charge is 0.374 e. The Bertz CT molecular complexity index is 1580. The number of hydrogen-bond acceptors (Lipinski definition) is 5. The van der Waals surface area contributed by atoms with Gasteiger partial charge < -0.3 is 21.4 Å². The Balaban J connectivity index is 1.56. The van der Waals surface area contributed by atoms with Crippen molar-refractivity contribution in [3.63, 3.8) is 0 Å². The van der Waals surface area contributed by atoms with Gasteiger partial charge in [-0.2, -0.15) is 4.98 Å². The lowest BCUT2D eigenvalue weighted by atomic mass is 10.0. The summed E-state index contributed by atoms with van der Waals surface area (Å²) in [5.74, 6) is -0.252. The van der Waals surface area contributed by atoms with Gasteiger partial charge in [-0.25, -0.2) is 18.0 Å². The minimum atomic E-state index is -2.64. The van der Waals surface area contributed by atoms with Crippen molar-refractivity contribution in [1.82, 2.24) is 25.2 Å². The number of rotatable bonds is 13. The third kappa shape index (κ3) is 7.78. The number of H-pyrrole nitrogens is 1. The summed E-state index contributed by atoms with van der Waals surface area (Å²) in [5, 5.41) is 13.6. The summed E-state index contributed by atoms with van der Waals surface area (Å²) in [6.45, 7) is 4.40. The number of nitrogens with zero attached hydrogens (tertiary/aromatic N) is 2. The van der Waals surface area contributed by atoms with Crippen molar-refractivity contribution >= 4 is 28.5 Å². The van der Waals surface area contributed by atoms with Crippen LogP contribution in [0.25, 0.3) is 28.0 Å². The molecule has 0 aliphatic rings. The van der Waals surface area contributed by atoms with Crippen LogP contribution in [0.2, 0.25) is 5.02 Å². The summed E-state index contributed by atoms with van der Waals surface area (Å²) in [4.78, 5) is 20.0. The normalized spacial score (nSPS) is 13.0. The predicted molar refractivity (Wildman–Crippen MR) is 161 cm³/mol. The van der Waals surface area contributed by atoms with Gasteiger partial charge in [0, 0.05) is 29.7 Å². The van der Waals surface area contributed by atoms with Crippen LogP contribution in [0.5, 0.6) is 0 Å². The second-order valence-corrected chi connectivity index (χ2v) is 10.9. The zero-order chi connectivity index (χ0) is 30.4. The van der Waals surface area contributed by atoms with Crippen molar-refractivity contribution in [2.45, 2.75) is 58.0 Å². The van der Waals surface area contributed by atoms with Gasteiger partial charge in [0.05, 0.1) is 28.3 Å². The van der Waals surface area contributed by atoms with Crippen molar-refractivity contribution < 1.29 is 13.2 Å². The molecule has 0 aliphatic heterocycles. The number of aryl methyl sites for hydroxylation is 1. The van der Waals surface area contributed by atoms with E-state index in [-0.39, 0.29) is 22.3 Å². The van der Waals surface area contributed by atoms with E-state index in [9.17, 15) is 13.6 Å². The Morgan fingerprint density at radius 3 is 2.57 bits per heavy atom. The number of amidine groups is 1. The maximum Gasteiger partial charge on any atom is 0.354 e. The summed E-state index contributed by atoms with van der Waals surface area (Å²) >= 11 is 6.20. The fourth-order valence-electron chi connectivity index (χ4n) is 4.75. The molecule has 0 saturated heterocycles. The third-order valence-corrected chi connectivity index (χ3v) is 7.18. The van der Waals surface area contributed by atoms with Gasteiger partial charge in [-0.1, -0.05) is 23.7 Å². The topological polar surface area (TPSA) is 125 Å². The summed E-state index contributed by atoms with van der Waals surface area (Å²) in [5.41, 5.74) is 7.95. The lowest BCUT2D eigenvalue weighted by Crippen LogP contribution is -2.30. The molecule has 0 unspecified atom stereocenters. The van der Waals surface area contributed by atoms with E-state index in [0.717, 1.165) is 18.4 Å². The van der Waals surface area contributed by atoms with E-state index >= 15 is 4.39 Å². The highest BCUT2D eigenvalue weighted by molar-refractivity contribution is 6.31. The molecule has 0 radical (unpaired) electrons. The van der Waals surface area contributed by atoms with Gasteiger partial charge in [-0.15, -0.1) is 0 Å². The lowest BCUT2D eigenvalue weighted by Gasteiger charge is -2.19. The van der Waals surface area contributed by atoms with Crippen LogP contribution >= 0.6 is 11.6 Å². The van der Waals surface area contributed by atoms with E-state index in [1.165, 1.54) is 4.57 Å². The number of aromatic nitrogens is 3.